The molecular formula is C39H41BFNO6. The maximum Gasteiger partial charge on any atom is 0.455 e. The molecule has 2 aliphatic carbocycles. The number of nitrogens with zero attached hydrogens (tertiary/aromatic N) is 1. The lowest BCUT2D eigenvalue weighted by Crippen LogP contribution is -2.47. The Kier molecular flexibility index (Phi) is 9.51. The van der Waals surface area contributed by atoms with E-state index in [0.717, 1.165) is 54.4 Å². The van der Waals surface area contributed by atoms with Gasteiger partial charge in [-0.15, -0.1) is 0 Å². The Bertz CT molecular complexity index is 1710. The summed E-state index contributed by atoms with van der Waals surface area (Å²) in [5, 5.41) is 20.8. The first-order valence-corrected chi connectivity index (χ1v) is 17.2. The van der Waals surface area contributed by atoms with Crippen molar-refractivity contribution in [3.8, 4) is 11.5 Å². The Labute approximate surface area is 281 Å². The maximum atomic E-state index is 14.3. The number of carbonyl (C=O) groups excluding carboxylic acids is 2. The quantitative estimate of drug-likeness (QED) is 0.112. The summed E-state index contributed by atoms with van der Waals surface area (Å²) >= 11 is 0. The molecule has 4 aliphatic rings. The summed E-state index contributed by atoms with van der Waals surface area (Å²) < 4.78 is 26.8. The second-order valence-corrected chi connectivity index (χ2v) is 13.5. The van der Waals surface area contributed by atoms with Crippen LogP contribution in [0.3, 0.4) is 0 Å². The number of allylic oxidation sites excluding steroid dienone is 1. The van der Waals surface area contributed by atoms with Crippen LogP contribution in [0.2, 0.25) is 6.32 Å². The molecule has 4 atom stereocenters. The number of rotatable bonds is 9. The molecule has 248 valence electrons. The normalized spacial score (nSPS) is 24.9. The third kappa shape index (κ3) is 6.58. The molecule has 2 N–H and O–H groups in total. The van der Waals surface area contributed by atoms with Crippen LogP contribution in [-0.4, -0.2) is 52.7 Å². The third-order valence-corrected chi connectivity index (χ3v) is 10.6. The summed E-state index contributed by atoms with van der Waals surface area (Å²) in [5.41, 5.74) is 4.43. The van der Waals surface area contributed by atoms with Gasteiger partial charge in [0.25, 0.3) is 0 Å². The fourth-order valence-corrected chi connectivity index (χ4v) is 8.36. The number of imide groups is 1. The standard InChI is InChI=1S/C39H41BFNO6/c41-33-21-25(16-18-34(33)43)20-27(26-10-4-1-5-11-26)17-19-35-36-28(24-47-30-14-8-3-9-15-30)22-31-37(32(36)23-40(46)48-35)39(45)42(38(31)44)29-12-6-2-7-13-29/h1,3-5,8-11,14-16,18,20-21,29,31-32,35,37,43,46H,2,6-7,12-13,17,19,22-24H2/b27-20-/t31-,32+,35-,37-/m1/s1. The van der Waals surface area contributed by atoms with Crippen LogP contribution < -0.4 is 4.74 Å². The summed E-state index contributed by atoms with van der Waals surface area (Å²) in [6.45, 7) is 0.258. The molecule has 0 bridgehead atoms. The molecule has 0 unspecified atom stereocenters. The van der Waals surface area contributed by atoms with E-state index >= 15 is 0 Å². The van der Waals surface area contributed by atoms with Crippen molar-refractivity contribution >= 4 is 30.6 Å². The zero-order valence-corrected chi connectivity index (χ0v) is 27.0. The maximum absolute atomic E-state index is 14.3. The largest absolute Gasteiger partial charge is 0.505 e. The number of halogens is 1. The predicted molar refractivity (Wildman–Crippen MR) is 182 cm³/mol. The van der Waals surface area contributed by atoms with Gasteiger partial charge < -0.3 is 19.5 Å². The summed E-state index contributed by atoms with van der Waals surface area (Å²) in [4.78, 5) is 29.8. The number of likely N-dealkylation sites (tertiary alicyclic amines) is 1. The first-order chi connectivity index (χ1) is 23.4. The second-order valence-electron chi connectivity index (χ2n) is 13.5. The van der Waals surface area contributed by atoms with E-state index in [4.69, 9.17) is 9.39 Å². The van der Waals surface area contributed by atoms with Gasteiger partial charge in [0.05, 0.1) is 17.9 Å². The van der Waals surface area contributed by atoms with E-state index < -0.39 is 36.6 Å². The highest BCUT2D eigenvalue weighted by atomic mass is 19.1. The van der Waals surface area contributed by atoms with Gasteiger partial charge in [-0.05, 0) is 96.5 Å². The van der Waals surface area contributed by atoms with Crippen molar-refractivity contribution in [2.45, 2.75) is 69.8 Å². The first kappa shape index (κ1) is 32.3. The molecule has 2 heterocycles. The Hall–Kier alpha value is -4.21. The Balaban J connectivity index is 1.22. The zero-order chi connectivity index (χ0) is 33.2. The topological polar surface area (TPSA) is 96.3 Å². The van der Waals surface area contributed by atoms with Gasteiger partial charge in [0.2, 0.25) is 11.8 Å². The van der Waals surface area contributed by atoms with Gasteiger partial charge in [-0.3, -0.25) is 14.5 Å². The van der Waals surface area contributed by atoms with E-state index in [2.05, 4.69) is 0 Å². The van der Waals surface area contributed by atoms with E-state index in [-0.39, 0.29) is 36.7 Å². The van der Waals surface area contributed by atoms with Gasteiger partial charge in [-0.2, -0.15) is 0 Å². The van der Waals surface area contributed by atoms with Gasteiger partial charge in [0.1, 0.15) is 12.4 Å². The van der Waals surface area contributed by atoms with Crippen molar-refractivity contribution in [2.75, 3.05) is 6.61 Å². The number of benzene rings is 3. The molecule has 7 nitrogen and oxygen atoms in total. The van der Waals surface area contributed by atoms with Crippen LogP contribution in [0, 0.1) is 23.6 Å². The molecule has 9 heteroatoms. The number of hydrogen-bond donors (Lipinski definition) is 2. The first-order valence-electron chi connectivity index (χ1n) is 17.2. The molecule has 2 amide bonds. The summed E-state index contributed by atoms with van der Waals surface area (Å²) in [6.07, 6.45) is 7.93. The van der Waals surface area contributed by atoms with E-state index in [1.807, 2.05) is 66.7 Å². The number of aromatic hydroxyl groups is 1. The number of phenolic OH excluding ortho intramolecular Hbond substituents is 1. The number of fused-ring (bicyclic) bond motifs is 3. The predicted octanol–water partition coefficient (Wildman–Crippen LogP) is 7.06. The van der Waals surface area contributed by atoms with Crippen LogP contribution >= 0.6 is 0 Å². The molecule has 1 saturated carbocycles. The van der Waals surface area contributed by atoms with Gasteiger partial charge >= 0.3 is 7.12 Å². The van der Waals surface area contributed by atoms with E-state index in [9.17, 15) is 24.1 Å². The van der Waals surface area contributed by atoms with Gasteiger partial charge in [-0.25, -0.2) is 4.39 Å². The van der Waals surface area contributed by atoms with Crippen molar-refractivity contribution in [1.82, 2.24) is 4.90 Å². The minimum Gasteiger partial charge on any atom is -0.505 e. The number of carbonyl (C=O) groups is 2. The number of hydrogen-bond acceptors (Lipinski definition) is 6. The highest BCUT2D eigenvalue weighted by molar-refractivity contribution is 6.43. The van der Waals surface area contributed by atoms with E-state index in [1.165, 1.54) is 12.1 Å². The summed E-state index contributed by atoms with van der Waals surface area (Å²) in [5.74, 6) is -1.91. The Morgan fingerprint density at radius 1 is 0.958 bits per heavy atom. The third-order valence-electron chi connectivity index (χ3n) is 10.6. The van der Waals surface area contributed by atoms with E-state index in [0.29, 0.717) is 30.6 Å². The fourth-order valence-electron chi connectivity index (χ4n) is 8.36. The molecule has 3 fully saturated rings. The average molecular weight is 650 g/mol. The van der Waals surface area contributed by atoms with Crippen LogP contribution in [0.5, 0.6) is 11.5 Å². The van der Waals surface area contributed by atoms with Crippen molar-refractivity contribution in [2.24, 2.45) is 17.8 Å². The lowest BCUT2D eigenvalue weighted by atomic mass is 9.58. The molecule has 48 heavy (non-hydrogen) atoms. The van der Waals surface area contributed by atoms with Crippen LogP contribution in [0.25, 0.3) is 11.6 Å². The summed E-state index contributed by atoms with van der Waals surface area (Å²) in [7, 11) is -1.08. The highest BCUT2D eigenvalue weighted by Crippen LogP contribution is 2.51. The van der Waals surface area contributed by atoms with Crippen LogP contribution in [0.1, 0.15) is 62.5 Å². The highest BCUT2D eigenvalue weighted by Gasteiger charge is 2.58. The number of para-hydroxylation sites is 1. The molecule has 0 radical (unpaired) electrons. The SMILES string of the molecule is O=C1[C@@H]2[C@@H](CC(COc3ccccc3)=C3[C@@H](CC/C(=C/c4ccc(O)c(F)c4)c4ccccc4)OB(O)C[C@@H]32)C(=O)N1C1CCCCC1. The number of amides is 2. The zero-order valence-electron chi connectivity index (χ0n) is 27.0. The molecule has 3 aromatic rings. The monoisotopic (exact) mass is 649 g/mol. The summed E-state index contributed by atoms with van der Waals surface area (Å²) in [6, 6.07) is 23.6. The Morgan fingerprint density at radius 3 is 2.42 bits per heavy atom. The van der Waals surface area contributed by atoms with Gasteiger partial charge in [0.15, 0.2) is 11.6 Å². The van der Waals surface area contributed by atoms with Gasteiger partial charge in [0, 0.05) is 6.04 Å². The molecule has 7 rings (SSSR count). The minimum absolute atomic E-state index is 0.0549. The molecular weight excluding hydrogens is 608 g/mol. The lowest BCUT2D eigenvalue weighted by Gasteiger charge is -2.43. The average Bonchev–Trinajstić information content (AvgIpc) is 3.36. The Morgan fingerprint density at radius 2 is 1.69 bits per heavy atom. The molecule has 2 saturated heterocycles. The smallest absolute Gasteiger partial charge is 0.455 e. The fraction of sp³-hybridized carbons (Fsp3) is 0.385. The lowest BCUT2D eigenvalue weighted by molar-refractivity contribution is -0.143. The van der Waals surface area contributed by atoms with E-state index in [1.54, 1.807) is 11.0 Å². The van der Waals surface area contributed by atoms with Crippen molar-refractivity contribution in [3.63, 3.8) is 0 Å². The van der Waals surface area contributed by atoms with Crippen LogP contribution in [0.4, 0.5) is 4.39 Å². The number of phenols is 1. The molecule has 0 spiro atoms. The molecule has 0 aromatic heterocycles. The van der Waals surface area contributed by atoms with Crippen molar-refractivity contribution in [3.05, 3.63) is 107 Å². The minimum atomic E-state index is -1.08. The van der Waals surface area contributed by atoms with Gasteiger partial charge in [-0.1, -0.05) is 79.9 Å². The second kappa shape index (κ2) is 14.1. The number of ether oxygens (including phenoxy) is 1. The molecule has 2 aliphatic heterocycles. The molecule has 3 aromatic carbocycles. The van der Waals surface area contributed by atoms with Crippen molar-refractivity contribution < 1.29 is 33.5 Å². The van der Waals surface area contributed by atoms with Crippen LogP contribution in [-0.2, 0) is 14.2 Å². The van der Waals surface area contributed by atoms with Crippen LogP contribution in [0.15, 0.2) is 90.0 Å². The van der Waals surface area contributed by atoms with Crippen molar-refractivity contribution in [1.29, 1.82) is 0 Å².